The number of hydrogen-bond donors (Lipinski definition) is 2. The van der Waals surface area contributed by atoms with Gasteiger partial charge in [-0.25, -0.2) is 17.7 Å². The Balaban J connectivity index is 0.00000625. The molecule has 150 valence electrons. The molecule has 0 fully saturated rings. The maximum Gasteiger partial charge on any atom is 0.211 e. The van der Waals surface area contributed by atoms with Crippen molar-refractivity contribution in [3.8, 4) is 5.75 Å². The molecule has 0 heterocycles. The summed E-state index contributed by atoms with van der Waals surface area (Å²) in [5.74, 6) is 1.52. The minimum atomic E-state index is -3.13. The summed E-state index contributed by atoms with van der Waals surface area (Å²) in [4.78, 5) is 4.56. The molecule has 0 unspecified atom stereocenters. The van der Waals surface area contributed by atoms with Crippen LogP contribution in [0.4, 0.5) is 0 Å². The minimum absolute atomic E-state index is 0. The van der Waals surface area contributed by atoms with Gasteiger partial charge in [-0.05, 0) is 19.4 Å². The number of para-hydroxylation sites is 1. The van der Waals surface area contributed by atoms with E-state index in [4.69, 9.17) is 4.74 Å². The molecule has 0 spiro atoms. The first kappa shape index (κ1) is 24.9. The Labute approximate surface area is 174 Å². The zero-order valence-corrected chi connectivity index (χ0v) is 19.1. The lowest BCUT2D eigenvalue weighted by Gasteiger charge is -2.18. The van der Waals surface area contributed by atoms with Crippen molar-refractivity contribution in [2.45, 2.75) is 26.8 Å². The highest BCUT2D eigenvalue weighted by Crippen LogP contribution is 2.17. The molecule has 7 nitrogen and oxygen atoms in total. The third-order valence-corrected chi connectivity index (χ3v) is 5.02. The van der Waals surface area contributed by atoms with Crippen LogP contribution in [0.3, 0.4) is 0 Å². The van der Waals surface area contributed by atoms with Crippen LogP contribution < -0.4 is 15.4 Å². The third kappa shape index (κ3) is 9.04. The number of benzene rings is 1. The molecule has 0 aromatic heterocycles. The summed E-state index contributed by atoms with van der Waals surface area (Å²) in [7, 11) is -1.49. The number of hydrogen-bond acceptors (Lipinski definition) is 4. The Bertz CT molecular complexity index is 653. The zero-order chi connectivity index (χ0) is 18.7. The van der Waals surface area contributed by atoms with E-state index in [1.807, 2.05) is 38.1 Å². The number of sulfonamides is 1. The molecule has 0 saturated heterocycles. The van der Waals surface area contributed by atoms with Gasteiger partial charge in [0.1, 0.15) is 5.75 Å². The summed E-state index contributed by atoms with van der Waals surface area (Å²) >= 11 is 0. The Hall–Kier alpha value is -1.07. The number of ether oxygens (including phenoxy) is 1. The number of halogens is 1. The van der Waals surface area contributed by atoms with E-state index < -0.39 is 10.0 Å². The first-order valence-electron chi connectivity index (χ1n) is 8.51. The smallest absolute Gasteiger partial charge is 0.211 e. The van der Waals surface area contributed by atoms with Crippen LogP contribution in [-0.2, 0) is 16.6 Å². The third-order valence-electron chi connectivity index (χ3n) is 3.64. The molecule has 0 aliphatic heterocycles. The Morgan fingerprint density at radius 2 is 1.92 bits per heavy atom. The van der Waals surface area contributed by atoms with Gasteiger partial charge in [-0.1, -0.05) is 25.1 Å². The number of rotatable bonds is 10. The molecular formula is C17H31IN4O3S. The second-order valence-corrected chi connectivity index (χ2v) is 7.52. The van der Waals surface area contributed by atoms with Gasteiger partial charge >= 0.3 is 0 Å². The number of guanidine groups is 1. The van der Waals surface area contributed by atoms with Crippen molar-refractivity contribution in [3.05, 3.63) is 29.8 Å². The second-order valence-electron chi connectivity index (χ2n) is 5.54. The largest absolute Gasteiger partial charge is 0.496 e. The molecule has 0 bridgehead atoms. The number of nitrogens with one attached hydrogen (secondary N) is 2. The van der Waals surface area contributed by atoms with Crippen molar-refractivity contribution in [2.75, 3.05) is 39.5 Å². The number of methoxy groups -OCH3 is 1. The van der Waals surface area contributed by atoms with Crippen LogP contribution in [0.1, 0.15) is 25.8 Å². The molecule has 0 saturated carbocycles. The average molecular weight is 498 g/mol. The van der Waals surface area contributed by atoms with Gasteiger partial charge in [0.05, 0.1) is 19.9 Å². The lowest BCUT2D eigenvalue weighted by Crippen LogP contribution is -2.39. The monoisotopic (exact) mass is 498 g/mol. The van der Waals surface area contributed by atoms with Crippen LogP contribution in [-0.4, -0.2) is 58.2 Å². The Kier molecular flexibility index (Phi) is 12.6. The van der Waals surface area contributed by atoms with E-state index in [1.165, 1.54) is 10.6 Å². The van der Waals surface area contributed by atoms with Crippen molar-refractivity contribution >= 4 is 40.0 Å². The lowest BCUT2D eigenvalue weighted by atomic mass is 10.2. The highest BCUT2D eigenvalue weighted by molar-refractivity contribution is 14.0. The van der Waals surface area contributed by atoms with Gasteiger partial charge in [0.2, 0.25) is 10.0 Å². The van der Waals surface area contributed by atoms with E-state index >= 15 is 0 Å². The highest BCUT2D eigenvalue weighted by Gasteiger charge is 2.13. The first-order chi connectivity index (χ1) is 11.9. The summed E-state index contributed by atoms with van der Waals surface area (Å²) in [6, 6.07) is 7.78. The molecule has 1 aromatic rings. The van der Waals surface area contributed by atoms with Crippen molar-refractivity contribution in [3.63, 3.8) is 0 Å². The molecule has 1 rings (SSSR count). The van der Waals surface area contributed by atoms with Gasteiger partial charge in [-0.3, -0.25) is 0 Å². The first-order valence-corrected chi connectivity index (χ1v) is 10.4. The quantitative estimate of drug-likeness (QED) is 0.223. The molecule has 0 radical (unpaired) electrons. The predicted molar refractivity (Wildman–Crippen MR) is 118 cm³/mol. The fourth-order valence-corrected chi connectivity index (χ4v) is 3.29. The van der Waals surface area contributed by atoms with Crippen molar-refractivity contribution < 1.29 is 13.2 Å². The maximum absolute atomic E-state index is 11.6. The molecule has 26 heavy (non-hydrogen) atoms. The van der Waals surface area contributed by atoms with E-state index in [2.05, 4.69) is 15.6 Å². The van der Waals surface area contributed by atoms with Crippen LogP contribution in [0.5, 0.6) is 5.75 Å². The highest BCUT2D eigenvalue weighted by atomic mass is 127. The number of aliphatic imine (C=N–C) groups is 1. The Morgan fingerprint density at radius 1 is 1.23 bits per heavy atom. The van der Waals surface area contributed by atoms with Crippen LogP contribution >= 0.6 is 24.0 Å². The predicted octanol–water partition coefficient (Wildman–Crippen LogP) is 2.04. The average Bonchev–Trinajstić information content (AvgIpc) is 2.58. The van der Waals surface area contributed by atoms with Crippen LogP contribution in [0, 0.1) is 0 Å². The second kappa shape index (κ2) is 13.2. The van der Waals surface area contributed by atoms with Crippen molar-refractivity contribution in [1.82, 2.24) is 14.9 Å². The fourth-order valence-electron chi connectivity index (χ4n) is 2.36. The van der Waals surface area contributed by atoms with Crippen molar-refractivity contribution in [1.29, 1.82) is 0 Å². The SMILES string of the molecule is CCNC(=NCc1ccccc1OC)NCCCN(CC)S(C)(=O)=O.I. The number of nitrogens with zero attached hydrogens (tertiary/aromatic N) is 2. The van der Waals surface area contributed by atoms with E-state index in [-0.39, 0.29) is 24.0 Å². The van der Waals surface area contributed by atoms with Gasteiger partial charge in [-0.15, -0.1) is 24.0 Å². The molecule has 0 amide bonds. The summed E-state index contributed by atoms with van der Waals surface area (Å²) in [5, 5.41) is 6.42. The van der Waals surface area contributed by atoms with E-state index in [0.29, 0.717) is 38.6 Å². The van der Waals surface area contributed by atoms with Crippen LogP contribution in [0.2, 0.25) is 0 Å². The lowest BCUT2D eigenvalue weighted by molar-refractivity contribution is 0.410. The molecule has 0 aliphatic carbocycles. The maximum atomic E-state index is 11.6. The molecular weight excluding hydrogens is 467 g/mol. The minimum Gasteiger partial charge on any atom is -0.496 e. The van der Waals surface area contributed by atoms with Gasteiger partial charge in [0, 0.05) is 31.7 Å². The van der Waals surface area contributed by atoms with Gasteiger partial charge in [-0.2, -0.15) is 0 Å². The molecule has 9 heteroatoms. The molecule has 0 aliphatic rings. The Morgan fingerprint density at radius 3 is 2.50 bits per heavy atom. The van der Waals surface area contributed by atoms with Gasteiger partial charge < -0.3 is 15.4 Å². The fraction of sp³-hybridized carbons (Fsp3) is 0.588. The van der Waals surface area contributed by atoms with Gasteiger partial charge in [0.25, 0.3) is 0 Å². The summed E-state index contributed by atoms with van der Waals surface area (Å²) in [6.07, 6.45) is 1.95. The topological polar surface area (TPSA) is 83.0 Å². The molecule has 1 aromatic carbocycles. The standard InChI is InChI=1S/C17H30N4O3S.HI/c1-5-18-17(19-12-9-13-21(6-2)25(4,22)23)20-14-15-10-7-8-11-16(15)24-3;/h7-8,10-11H,5-6,9,12-14H2,1-4H3,(H2,18,19,20);1H. The van der Waals surface area contributed by atoms with E-state index in [1.54, 1.807) is 7.11 Å². The van der Waals surface area contributed by atoms with Crippen molar-refractivity contribution in [2.24, 2.45) is 4.99 Å². The van der Waals surface area contributed by atoms with Crippen LogP contribution in [0.25, 0.3) is 0 Å². The zero-order valence-electron chi connectivity index (χ0n) is 16.0. The molecule has 0 atom stereocenters. The summed E-state index contributed by atoms with van der Waals surface area (Å²) < 4.78 is 29.9. The van der Waals surface area contributed by atoms with Gasteiger partial charge in [0.15, 0.2) is 5.96 Å². The normalized spacial score (nSPS) is 11.8. The summed E-state index contributed by atoms with van der Waals surface area (Å²) in [6.45, 7) is 6.72. The summed E-state index contributed by atoms with van der Waals surface area (Å²) in [5.41, 5.74) is 1.01. The van der Waals surface area contributed by atoms with E-state index in [0.717, 1.165) is 17.9 Å². The molecule has 2 N–H and O–H groups in total. The van der Waals surface area contributed by atoms with E-state index in [9.17, 15) is 8.42 Å². The van der Waals surface area contributed by atoms with Crippen LogP contribution in [0.15, 0.2) is 29.3 Å².